The molecule has 0 aromatic heterocycles. The van der Waals surface area contributed by atoms with Gasteiger partial charge in [0.2, 0.25) is 0 Å². The standard InChI is InChI=1S/C23H29NO2/c1-22(2,3)18-8-6-7-15(14-18)16-9-10-19-17(13-16)11-12-23(4,5)20(19)26-21(24)25/h6-10,13-14,20H,11-12H2,1-5H3,(H2,24,25). The zero-order valence-electron chi connectivity index (χ0n) is 16.4. The maximum atomic E-state index is 11.4. The van der Waals surface area contributed by atoms with Gasteiger partial charge in [-0.05, 0) is 46.1 Å². The van der Waals surface area contributed by atoms with E-state index in [1.54, 1.807) is 0 Å². The Bertz CT molecular complexity index is 830. The molecule has 3 heteroatoms. The number of primary amides is 1. The third-order valence-corrected chi connectivity index (χ3v) is 5.47. The number of rotatable bonds is 2. The predicted octanol–water partition coefficient (Wildman–Crippen LogP) is 5.76. The summed E-state index contributed by atoms with van der Waals surface area (Å²) in [6.07, 6.45) is 0.938. The summed E-state index contributed by atoms with van der Waals surface area (Å²) in [6, 6.07) is 15.2. The van der Waals surface area contributed by atoms with E-state index in [1.165, 1.54) is 22.3 Å². The summed E-state index contributed by atoms with van der Waals surface area (Å²) in [6.45, 7) is 10.9. The summed E-state index contributed by atoms with van der Waals surface area (Å²) in [5, 5.41) is 0. The van der Waals surface area contributed by atoms with Crippen LogP contribution in [0.4, 0.5) is 4.79 Å². The van der Waals surface area contributed by atoms with Crippen LogP contribution in [0.3, 0.4) is 0 Å². The number of fused-ring (bicyclic) bond motifs is 1. The smallest absolute Gasteiger partial charge is 0.405 e. The first-order chi connectivity index (χ1) is 12.1. The molecule has 1 aliphatic rings. The molecule has 138 valence electrons. The topological polar surface area (TPSA) is 52.3 Å². The number of ether oxygens (including phenoxy) is 1. The molecule has 0 saturated heterocycles. The van der Waals surface area contributed by atoms with Crippen LogP contribution in [-0.4, -0.2) is 6.09 Å². The maximum absolute atomic E-state index is 11.4. The van der Waals surface area contributed by atoms with Crippen LogP contribution in [-0.2, 0) is 16.6 Å². The summed E-state index contributed by atoms with van der Waals surface area (Å²) in [5.41, 5.74) is 11.4. The van der Waals surface area contributed by atoms with Gasteiger partial charge in [0.15, 0.2) is 0 Å². The lowest BCUT2D eigenvalue weighted by molar-refractivity contribution is 0.0147. The first-order valence-corrected chi connectivity index (χ1v) is 9.28. The Morgan fingerprint density at radius 2 is 1.81 bits per heavy atom. The molecule has 0 fully saturated rings. The number of carbonyl (C=O) groups is 1. The van der Waals surface area contributed by atoms with Gasteiger partial charge in [0.1, 0.15) is 6.10 Å². The number of nitrogens with two attached hydrogens (primary N) is 1. The van der Waals surface area contributed by atoms with Gasteiger partial charge < -0.3 is 10.5 Å². The van der Waals surface area contributed by atoms with Crippen LogP contribution in [0.25, 0.3) is 11.1 Å². The molecule has 0 spiro atoms. The molecular weight excluding hydrogens is 322 g/mol. The predicted molar refractivity (Wildman–Crippen MR) is 106 cm³/mol. The maximum Gasteiger partial charge on any atom is 0.405 e. The minimum absolute atomic E-state index is 0.115. The molecule has 0 aliphatic heterocycles. The van der Waals surface area contributed by atoms with Crippen molar-refractivity contribution in [3.8, 4) is 11.1 Å². The average molecular weight is 351 g/mol. The highest BCUT2D eigenvalue weighted by Crippen LogP contribution is 2.46. The number of carbonyl (C=O) groups excluding carboxylic acids is 1. The molecule has 3 nitrogen and oxygen atoms in total. The van der Waals surface area contributed by atoms with Crippen molar-refractivity contribution in [2.75, 3.05) is 0 Å². The van der Waals surface area contributed by atoms with Crippen molar-refractivity contribution in [2.45, 2.75) is 59.0 Å². The Morgan fingerprint density at radius 3 is 2.46 bits per heavy atom. The van der Waals surface area contributed by atoms with Crippen molar-refractivity contribution in [1.82, 2.24) is 0 Å². The second-order valence-electron chi connectivity index (χ2n) is 9.05. The van der Waals surface area contributed by atoms with Crippen LogP contribution in [0, 0.1) is 5.41 Å². The first-order valence-electron chi connectivity index (χ1n) is 9.28. The van der Waals surface area contributed by atoms with Gasteiger partial charge in [0, 0.05) is 5.41 Å². The fourth-order valence-electron chi connectivity index (χ4n) is 3.77. The molecule has 26 heavy (non-hydrogen) atoms. The van der Waals surface area contributed by atoms with Gasteiger partial charge in [-0.2, -0.15) is 0 Å². The van der Waals surface area contributed by atoms with Crippen LogP contribution in [0.15, 0.2) is 42.5 Å². The van der Waals surface area contributed by atoms with Gasteiger partial charge in [-0.25, -0.2) is 4.79 Å². The minimum Gasteiger partial charge on any atom is -0.441 e. The zero-order chi connectivity index (χ0) is 19.1. The SMILES string of the molecule is CC(C)(C)c1cccc(-c2ccc3c(c2)CCC(C)(C)C3OC(N)=O)c1. The summed E-state index contributed by atoms with van der Waals surface area (Å²) in [5.74, 6) is 0. The molecule has 1 amide bonds. The molecule has 1 aliphatic carbocycles. The van der Waals surface area contributed by atoms with E-state index < -0.39 is 6.09 Å². The molecule has 3 rings (SSSR count). The second-order valence-corrected chi connectivity index (χ2v) is 9.05. The third-order valence-electron chi connectivity index (χ3n) is 5.47. The summed E-state index contributed by atoms with van der Waals surface area (Å²) < 4.78 is 5.48. The Hall–Kier alpha value is -2.29. The number of amides is 1. The van der Waals surface area contributed by atoms with Crippen LogP contribution in [0.5, 0.6) is 0 Å². The van der Waals surface area contributed by atoms with Crippen molar-refractivity contribution >= 4 is 6.09 Å². The minimum atomic E-state index is -0.710. The summed E-state index contributed by atoms with van der Waals surface area (Å²) >= 11 is 0. The molecule has 0 radical (unpaired) electrons. The van der Waals surface area contributed by atoms with Crippen molar-refractivity contribution in [3.05, 3.63) is 59.2 Å². The Balaban J connectivity index is 2.01. The van der Waals surface area contributed by atoms with Crippen LogP contribution < -0.4 is 5.73 Å². The van der Waals surface area contributed by atoms with E-state index in [0.717, 1.165) is 18.4 Å². The lowest BCUT2D eigenvalue weighted by Crippen LogP contribution is -2.33. The van der Waals surface area contributed by atoms with Gasteiger partial charge in [0.25, 0.3) is 0 Å². The Labute approximate surface area is 156 Å². The van der Waals surface area contributed by atoms with Gasteiger partial charge in [0.05, 0.1) is 0 Å². The van der Waals surface area contributed by atoms with E-state index in [4.69, 9.17) is 10.5 Å². The number of benzene rings is 2. The molecule has 0 bridgehead atoms. The molecule has 1 atom stereocenters. The van der Waals surface area contributed by atoms with E-state index in [9.17, 15) is 4.79 Å². The van der Waals surface area contributed by atoms with E-state index in [1.807, 2.05) is 0 Å². The van der Waals surface area contributed by atoms with Crippen molar-refractivity contribution < 1.29 is 9.53 Å². The van der Waals surface area contributed by atoms with Crippen LogP contribution >= 0.6 is 0 Å². The monoisotopic (exact) mass is 351 g/mol. The van der Waals surface area contributed by atoms with Crippen LogP contribution in [0.2, 0.25) is 0 Å². The first kappa shape index (κ1) is 18.5. The largest absolute Gasteiger partial charge is 0.441 e. The molecule has 2 N–H and O–H groups in total. The highest BCUT2D eigenvalue weighted by Gasteiger charge is 2.38. The number of hydrogen-bond acceptors (Lipinski definition) is 2. The lowest BCUT2D eigenvalue weighted by atomic mass is 9.71. The molecule has 1 unspecified atom stereocenters. The fraction of sp³-hybridized carbons (Fsp3) is 0.435. The molecule has 2 aromatic rings. The number of aryl methyl sites for hydroxylation is 1. The normalized spacial score (nSPS) is 18.9. The lowest BCUT2D eigenvalue weighted by Gasteiger charge is -2.39. The van der Waals surface area contributed by atoms with Crippen LogP contribution in [0.1, 0.15) is 63.8 Å². The van der Waals surface area contributed by atoms with E-state index in [0.29, 0.717) is 0 Å². The fourth-order valence-corrected chi connectivity index (χ4v) is 3.77. The van der Waals surface area contributed by atoms with Gasteiger partial charge >= 0.3 is 6.09 Å². The van der Waals surface area contributed by atoms with Crippen molar-refractivity contribution in [3.63, 3.8) is 0 Å². The summed E-state index contributed by atoms with van der Waals surface area (Å²) in [7, 11) is 0. The average Bonchev–Trinajstić information content (AvgIpc) is 2.56. The third kappa shape index (κ3) is 3.62. The Morgan fingerprint density at radius 1 is 1.12 bits per heavy atom. The molecular formula is C23H29NO2. The quantitative estimate of drug-likeness (QED) is 0.748. The Kier molecular flexibility index (Phi) is 4.60. The molecule has 0 heterocycles. The highest BCUT2D eigenvalue weighted by atomic mass is 16.6. The van der Waals surface area contributed by atoms with Gasteiger partial charge in [-0.15, -0.1) is 0 Å². The molecule has 2 aromatic carbocycles. The second kappa shape index (κ2) is 6.46. The van der Waals surface area contributed by atoms with Gasteiger partial charge in [-0.3, -0.25) is 0 Å². The van der Waals surface area contributed by atoms with Gasteiger partial charge in [-0.1, -0.05) is 77.1 Å². The van der Waals surface area contributed by atoms with E-state index in [2.05, 4.69) is 77.1 Å². The van der Waals surface area contributed by atoms with Crippen molar-refractivity contribution in [2.24, 2.45) is 11.1 Å². The molecule has 0 saturated carbocycles. The van der Waals surface area contributed by atoms with E-state index in [-0.39, 0.29) is 16.9 Å². The highest BCUT2D eigenvalue weighted by molar-refractivity contribution is 5.68. The van der Waals surface area contributed by atoms with Crippen molar-refractivity contribution in [1.29, 1.82) is 0 Å². The number of hydrogen-bond donors (Lipinski definition) is 1. The van der Waals surface area contributed by atoms with E-state index >= 15 is 0 Å². The zero-order valence-corrected chi connectivity index (χ0v) is 16.4. The summed E-state index contributed by atoms with van der Waals surface area (Å²) in [4.78, 5) is 11.4.